The largest absolute Gasteiger partial charge is 0.480 e. The number of carboxylic acid groups (broad SMARTS) is 1. The van der Waals surface area contributed by atoms with E-state index in [4.69, 9.17) is 5.11 Å². The van der Waals surface area contributed by atoms with Crippen LogP contribution in [0.5, 0.6) is 0 Å². The molecule has 0 aliphatic rings. The zero-order valence-corrected chi connectivity index (χ0v) is 13.2. The van der Waals surface area contributed by atoms with Crippen molar-refractivity contribution in [1.29, 1.82) is 0 Å². The number of thioether (sulfide) groups is 1. The second kappa shape index (κ2) is 6.79. The molecular weight excluding hydrogens is 274 g/mol. The van der Waals surface area contributed by atoms with E-state index in [-0.39, 0.29) is 11.7 Å². The van der Waals surface area contributed by atoms with E-state index in [1.54, 1.807) is 18.7 Å². The molecule has 4 nitrogen and oxygen atoms in total. The molecule has 0 saturated carbocycles. The van der Waals surface area contributed by atoms with Gasteiger partial charge >= 0.3 is 5.97 Å². The van der Waals surface area contributed by atoms with Crippen molar-refractivity contribution in [2.45, 2.75) is 32.4 Å². The Morgan fingerprint density at radius 1 is 1.30 bits per heavy atom. The number of nitrogens with zero attached hydrogens (tertiary/aromatic N) is 1. The van der Waals surface area contributed by atoms with Crippen LogP contribution in [0.15, 0.2) is 24.3 Å². The standard InChI is InChI=1S/C15H21NO3S/c1-5-16(12-9-7-6-8-11(12)2)13(17)10-20-15(3,4)14(18)19/h6-9H,5,10H2,1-4H3,(H,18,19). The SMILES string of the molecule is CCN(C(=O)CSC(C)(C)C(=O)O)c1ccccc1C. The molecule has 0 spiro atoms. The summed E-state index contributed by atoms with van der Waals surface area (Å²) < 4.78 is -0.958. The predicted molar refractivity (Wildman–Crippen MR) is 83.4 cm³/mol. The Hall–Kier alpha value is -1.49. The quantitative estimate of drug-likeness (QED) is 0.876. The molecule has 0 unspecified atom stereocenters. The highest BCUT2D eigenvalue weighted by molar-refractivity contribution is 8.02. The van der Waals surface area contributed by atoms with Crippen molar-refractivity contribution in [3.63, 3.8) is 0 Å². The Morgan fingerprint density at radius 3 is 2.40 bits per heavy atom. The number of hydrogen-bond acceptors (Lipinski definition) is 3. The Balaban J connectivity index is 2.79. The van der Waals surface area contributed by atoms with Gasteiger partial charge in [-0.1, -0.05) is 18.2 Å². The molecule has 5 heteroatoms. The molecule has 1 N–H and O–H groups in total. The first-order valence-corrected chi connectivity index (χ1v) is 7.51. The van der Waals surface area contributed by atoms with Gasteiger partial charge in [0.2, 0.25) is 5.91 Å². The van der Waals surface area contributed by atoms with Crippen LogP contribution in [0.2, 0.25) is 0 Å². The Labute approximate surface area is 124 Å². The van der Waals surface area contributed by atoms with Crippen LogP contribution in [0.25, 0.3) is 0 Å². The average molecular weight is 295 g/mol. The number of carbonyl (C=O) groups excluding carboxylic acids is 1. The molecule has 0 aromatic heterocycles. The zero-order chi connectivity index (χ0) is 15.3. The van der Waals surface area contributed by atoms with E-state index in [0.29, 0.717) is 6.54 Å². The molecule has 1 aromatic rings. The number of hydrogen-bond donors (Lipinski definition) is 1. The molecule has 20 heavy (non-hydrogen) atoms. The Bertz CT molecular complexity index is 500. The van der Waals surface area contributed by atoms with Gasteiger partial charge in [-0.05, 0) is 39.3 Å². The molecule has 1 aromatic carbocycles. The molecule has 0 fully saturated rings. The summed E-state index contributed by atoms with van der Waals surface area (Å²) in [4.78, 5) is 25.1. The summed E-state index contributed by atoms with van der Waals surface area (Å²) in [5, 5.41) is 9.07. The number of aryl methyl sites for hydroxylation is 1. The smallest absolute Gasteiger partial charge is 0.319 e. The first-order chi connectivity index (χ1) is 9.29. The maximum atomic E-state index is 12.3. The topological polar surface area (TPSA) is 57.6 Å². The lowest BCUT2D eigenvalue weighted by Gasteiger charge is -2.25. The molecule has 1 amide bonds. The number of carboxylic acids is 1. The van der Waals surface area contributed by atoms with E-state index < -0.39 is 10.7 Å². The van der Waals surface area contributed by atoms with E-state index in [1.165, 1.54) is 0 Å². The molecule has 1 rings (SSSR count). The van der Waals surface area contributed by atoms with Gasteiger partial charge in [-0.15, -0.1) is 11.8 Å². The number of para-hydroxylation sites is 1. The lowest BCUT2D eigenvalue weighted by molar-refractivity contribution is -0.138. The minimum atomic E-state index is -0.958. The highest BCUT2D eigenvalue weighted by atomic mass is 32.2. The van der Waals surface area contributed by atoms with Crippen LogP contribution >= 0.6 is 11.8 Å². The van der Waals surface area contributed by atoms with Gasteiger partial charge < -0.3 is 10.0 Å². The highest BCUT2D eigenvalue weighted by Crippen LogP contribution is 2.26. The second-order valence-corrected chi connectivity index (χ2v) is 6.63. The van der Waals surface area contributed by atoms with Gasteiger partial charge in [0, 0.05) is 12.2 Å². The van der Waals surface area contributed by atoms with Crippen LogP contribution in [0.1, 0.15) is 26.3 Å². The molecular formula is C15H21NO3S. The van der Waals surface area contributed by atoms with E-state index in [0.717, 1.165) is 23.0 Å². The van der Waals surface area contributed by atoms with Crippen LogP contribution in [0, 0.1) is 6.92 Å². The number of amides is 1. The van der Waals surface area contributed by atoms with Gasteiger partial charge in [-0.25, -0.2) is 0 Å². The summed E-state index contributed by atoms with van der Waals surface area (Å²) >= 11 is 1.15. The van der Waals surface area contributed by atoms with Crippen LogP contribution in [-0.4, -0.2) is 34.0 Å². The van der Waals surface area contributed by atoms with E-state index in [2.05, 4.69) is 0 Å². The van der Waals surface area contributed by atoms with Crippen LogP contribution in [0.4, 0.5) is 5.69 Å². The minimum Gasteiger partial charge on any atom is -0.480 e. The fourth-order valence-corrected chi connectivity index (χ4v) is 2.49. The number of rotatable bonds is 6. The van der Waals surface area contributed by atoms with E-state index in [9.17, 15) is 9.59 Å². The van der Waals surface area contributed by atoms with Crippen molar-refractivity contribution in [3.05, 3.63) is 29.8 Å². The van der Waals surface area contributed by atoms with Crippen molar-refractivity contribution in [3.8, 4) is 0 Å². The molecule has 0 heterocycles. The summed E-state index contributed by atoms with van der Waals surface area (Å²) in [6.07, 6.45) is 0. The van der Waals surface area contributed by atoms with Crippen molar-refractivity contribution in [2.24, 2.45) is 0 Å². The Morgan fingerprint density at radius 2 is 1.90 bits per heavy atom. The summed E-state index contributed by atoms with van der Waals surface area (Å²) in [5.74, 6) is -0.822. The lowest BCUT2D eigenvalue weighted by Crippen LogP contribution is -2.35. The predicted octanol–water partition coefficient (Wildman–Crippen LogP) is 2.94. The molecule has 0 aliphatic heterocycles. The van der Waals surface area contributed by atoms with Crippen molar-refractivity contribution < 1.29 is 14.7 Å². The third-order valence-electron chi connectivity index (χ3n) is 3.10. The maximum Gasteiger partial charge on any atom is 0.319 e. The molecule has 0 atom stereocenters. The molecule has 0 radical (unpaired) electrons. The maximum absolute atomic E-state index is 12.3. The molecule has 0 saturated heterocycles. The third-order valence-corrected chi connectivity index (χ3v) is 4.38. The van der Waals surface area contributed by atoms with Gasteiger partial charge in [0.1, 0.15) is 4.75 Å². The Kier molecular flexibility index (Phi) is 5.62. The first-order valence-electron chi connectivity index (χ1n) is 6.53. The van der Waals surface area contributed by atoms with Crippen LogP contribution < -0.4 is 4.90 Å². The van der Waals surface area contributed by atoms with Gasteiger partial charge in [0.25, 0.3) is 0 Å². The number of aliphatic carboxylic acids is 1. The highest BCUT2D eigenvalue weighted by Gasteiger charge is 2.29. The van der Waals surface area contributed by atoms with Crippen molar-refractivity contribution in [1.82, 2.24) is 0 Å². The average Bonchev–Trinajstić information content (AvgIpc) is 2.39. The summed E-state index contributed by atoms with van der Waals surface area (Å²) in [7, 11) is 0. The number of anilines is 1. The van der Waals surface area contributed by atoms with Crippen LogP contribution in [0.3, 0.4) is 0 Å². The summed E-state index contributed by atoms with van der Waals surface area (Å²) in [6.45, 7) is 7.66. The summed E-state index contributed by atoms with van der Waals surface area (Å²) in [6, 6.07) is 7.69. The zero-order valence-electron chi connectivity index (χ0n) is 12.3. The lowest BCUT2D eigenvalue weighted by atomic mass is 10.2. The molecule has 0 aliphatic carbocycles. The van der Waals surface area contributed by atoms with Gasteiger partial charge in [0.05, 0.1) is 5.75 Å². The van der Waals surface area contributed by atoms with E-state index in [1.807, 2.05) is 38.1 Å². The third kappa shape index (κ3) is 4.00. The van der Waals surface area contributed by atoms with Gasteiger partial charge in [-0.2, -0.15) is 0 Å². The van der Waals surface area contributed by atoms with Gasteiger partial charge in [-0.3, -0.25) is 9.59 Å². The van der Waals surface area contributed by atoms with Crippen molar-refractivity contribution >= 4 is 29.3 Å². The van der Waals surface area contributed by atoms with Crippen LogP contribution in [-0.2, 0) is 9.59 Å². The normalized spacial score (nSPS) is 11.2. The van der Waals surface area contributed by atoms with E-state index >= 15 is 0 Å². The van der Waals surface area contributed by atoms with Crippen molar-refractivity contribution in [2.75, 3.05) is 17.2 Å². The second-order valence-electron chi connectivity index (χ2n) is 5.03. The van der Waals surface area contributed by atoms with Gasteiger partial charge in [0.15, 0.2) is 0 Å². The fourth-order valence-electron chi connectivity index (χ4n) is 1.73. The first kappa shape index (κ1) is 16.6. The summed E-state index contributed by atoms with van der Waals surface area (Å²) in [5.41, 5.74) is 1.92. The fraction of sp³-hybridized carbons (Fsp3) is 0.467. The molecule has 0 bridgehead atoms. The molecule has 110 valence electrons. The minimum absolute atomic E-state index is 0.0684. The monoisotopic (exact) mass is 295 g/mol. The number of carbonyl (C=O) groups is 2. The number of benzene rings is 1.